The van der Waals surface area contributed by atoms with Crippen LogP contribution in [0.1, 0.15) is 5.69 Å². The maximum absolute atomic E-state index is 12.1. The largest absolute Gasteiger partial charge is 0.433 e. The molecule has 7 heteroatoms. The maximum atomic E-state index is 12.1. The molecule has 0 aliphatic rings. The van der Waals surface area contributed by atoms with Crippen LogP contribution in [0.15, 0.2) is 11.1 Å². The molecule has 0 atom stereocenters. The normalized spacial score (nSPS) is 11.1. The van der Waals surface area contributed by atoms with E-state index in [-0.39, 0.29) is 5.82 Å². The van der Waals surface area contributed by atoms with E-state index in [2.05, 4.69) is 10.1 Å². The first-order valence-corrected chi connectivity index (χ1v) is 3.14. The highest BCUT2D eigenvalue weighted by molar-refractivity contribution is 5.44. The zero-order chi connectivity index (χ0) is 10.1. The summed E-state index contributed by atoms with van der Waals surface area (Å²) in [6, 6.07) is 0.672. The number of aromatic nitrogens is 2. The summed E-state index contributed by atoms with van der Waals surface area (Å²) in [7, 11) is 1.12. The van der Waals surface area contributed by atoms with Gasteiger partial charge < -0.3 is 0 Å². The van der Waals surface area contributed by atoms with E-state index in [0.29, 0.717) is 10.7 Å². The molecular weight excluding hydrogens is 187 g/mol. The smallest absolute Gasteiger partial charge is 0.261 e. The molecule has 0 aliphatic heterocycles. The number of hydrogen-bond donors (Lipinski definition) is 0. The fourth-order valence-electron chi connectivity index (χ4n) is 0.819. The molecule has 0 radical (unpaired) electrons. The number of carbonyl (C=O) groups excluding carboxylic acids is 1. The molecule has 0 N–H and O–H groups in total. The number of aryl methyl sites for hydroxylation is 1. The molecular formula is C6H4F3N3O. The van der Waals surface area contributed by atoms with Crippen LogP contribution in [0, 0.1) is 0 Å². The lowest BCUT2D eigenvalue weighted by Crippen LogP contribution is -2.11. The third kappa shape index (κ3) is 1.94. The molecule has 1 aromatic rings. The van der Waals surface area contributed by atoms with Crippen molar-refractivity contribution in [1.29, 1.82) is 0 Å². The van der Waals surface area contributed by atoms with Crippen LogP contribution in [-0.2, 0) is 18.0 Å². The van der Waals surface area contributed by atoms with Gasteiger partial charge in [-0.15, -0.1) is 4.99 Å². The average molecular weight is 191 g/mol. The number of halogens is 3. The van der Waals surface area contributed by atoms with Gasteiger partial charge in [0.05, 0.1) is 0 Å². The van der Waals surface area contributed by atoms with Crippen LogP contribution < -0.4 is 0 Å². The summed E-state index contributed by atoms with van der Waals surface area (Å²) in [6.07, 6.45) is -3.38. The first-order valence-electron chi connectivity index (χ1n) is 3.14. The lowest BCUT2D eigenvalue weighted by molar-refractivity contribution is -0.143. The second-order valence-electron chi connectivity index (χ2n) is 2.21. The van der Waals surface area contributed by atoms with Gasteiger partial charge in [0.15, 0.2) is 5.82 Å². The van der Waals surface area contributed by atoms with Gasteiger partial charge in [0.2, 0.25) is 6.08 Å². The van der Waals surface area contributed by atoms with E-state index < -0.39 is 11.9 Å². The molecule has 0 spiro atoms. The van der Waals surface area contributed by atoms with Crippen molar-refractivity contribution in [2.24, 2.45) is 12.0 Å². The van der Waals surface area contributed by atoms with Crippen molar-refractivity contribution in [2.45, 2.75) is 6.18 Å². The van der Waals surface area contributed by atoms with E-state index in [1.54, 1.807) is 0 Å². The molecule has 0 amide bonds. The number of nitrogens with zero attached hydrogens (tertiary/aromatic N) is 3. The SMILES string of the molecule is Cn1nc(N=C=O)cc1C(F)(F)F. The summed E-state index contributed by atoms with van der Waals surface area (Å²) in [5.74, 6) is -0.301. The maximum Gasteiger partial charge on any atom is 0.433 e. The van der Waals surface area contributed by atoms with E-state index in [0.717, 1.165) is 13.1 Å². The van der Waals surface area contributed by atoms with Gasteiger partial charge in [-0.05, 0) is 0 Å². The predicted octanol–water partition coefficient (Wildman–Crippen LogP) is 1.41. The monoisotopic (exact) mass is 191 g/mol. The van der Waals surface area contributed by atoms with Gasteiger partial charge in [0.1, 0.15) is 5.69 Å². The van der Waals surface area contributed by atoms with Gasteiger partial charge in [-0.25, -0.2) is 4.79 Å². The molecule has 1 rings (SSSR count). The first kappa shape index (κ1) is 9.47. The number of alkyl halides is 3. The Morgan fingerprint density at radius 2 is 2.23 bits per heavy atom. The number of isocyanates is 1. The van der Waals surface area contributed by atoms with E-state index in [9.17, 15) is 18.0 Å². The van der Waals surface area contributed by atoms with Gasteiger partial charge >= 0.3 is 6.18 Å². The lowest BCUT2D eigenvalue weighted by Gasteiger charge is -2.04. The Kier molecular flexibility index (Phi) is 2.20. The minimum Gasteiger partial charge on any atom is -0.261 e. The van der Waals surface area contributed by atoms with Crippen LogP contribution in [0.3, 0.4) is 0 Å². The fraction of sp³-hybridized carbons (Fsp3) is 0.333. The van der Waals surface area contributed by atoms with E-state index in [1.165, 1.54) is 0 Å². The third-order valence-electron chi connectivity index (χ3n) is 1.32. The molecule has 0 saturated carbocycles. The van der Waals surface area contributed by atoms with Crippen molar-refractivity contribution in [3.63, 3.8) is 0 Å². The summed E-state index contributed by atoms with van der Waals surface area (Å²) in [4.78, 5) is 12.7. The highest BCUT2D eigenvalue weighted by Gasteiger charge is 2.34. The molecule has 0 unspecified atom stereocenters. The van der Waals surface area contributed by atoms with Gasteiger partial charge in [0.25, 0.3) is 0 Å². The molecule has 70 valence electrons. The van der Waals surface area contributed by atoms with Crippen molar-refractivity contribution >= 4 is 11.9 Å². The Labute approximate surface area is 70.7 Å². The van der Waals surface area contributed by atoms with E-state index in [4.69, 9.17) is 0 Å². The van der Waals surface area contributed by atoms with Crippen molar-refractivity contribution in [2.75, 3.05) is 0 Å². The molecule has 0 aliphatic carbocycles. The number of aliphatic imine (C=N–C) groups is 1. The topological polar surface area (TPSA) is 47.2 Å². The molecule has 0 aromatic carbocycles. The van der Waals surface area contributed by atoms with Crippen molar-refractivity contribution in [3.8, 4) is 0 Å². The molecule has 4 nitrogen and oxygen atoms in total. The van der Waals surface area contributed by atoms with Crippen molar-refractivity contribution < 1.29 is 18.0 Å². The van der Waals surface area contributed by atoms with Crippen LogP contribution in [0.25, 0.3) is 0 Å². The van der Waals surface area contributed by atoms with Gasteiger partial charge in [-0.3, -0.25) is 4.68 Å². The zero-order valence-electron chi connectivity index (χ0n) is 6.46. The third-order valence-corrected chi connectivity index (χ3v) is 1.32. The van der Waals surface area contributed by atoms with E-state index >= 15 is 0 Å². The minimum atomic E-state index is -4.49. The average Bonchev–Trinajstić information content (AvgIpc) is 2.30. The first-order chi connectivity index (χ1) is 5.95. The Bertz CT molecular complexity index is 362. The minimum absolute atomic E-state index is 0.301. The van der Waals surface area contributed by atoms with Crippen molar-refractivity contribution in [3.05, 3.63) is 11.8 Å². The van der Waals surface area contributed by atoms with Crippen LogP contribution in [0.5, 0.6) is 0 Å². The Hall–Kier alpha value is -1.62. The predicted molar refractivity (Wildman–Crippen MR) is 36.0 cm³/mol. The van der Waals surface area contributed by atoms with Crippen LogP contribution in [0.4, 0.5) is 19.0 Å². The quantitative estimate of drug-likeness (QED) is 0.497. The summed E-state index contributed by atoms with van der Waals surface area (Å²) >= 11 is 0. The van der Waals surface area contributed by atoms with Crippen LogP contribution in [0.2, 0.25) is 0 Å². The summed E-state index contributed by atoms with van der Waals surface area (Å²) in [5, 5.41) is 3.33. The standard InChI is InChI=1S/C6H4F3N3O/c1-12-4(6(7,8)9)2-5(11-12)10-3-13/h2H,1H3. The summed E-state index contributed by atoms with van der Waals surface area (Å²) < 4.78 is 36.9. The van der Waals surface area contributed by atoms with Crippen LogP contribution >= 0.6 is 0 Å². The Morgan fingerprint density at radius 3 is 2.62 bits per heavy atom. The van der Waals surface area contributed by atoms with Gasteiger partial charge in [0, 0.05) is 13.1 Å². The highest BCUT2D eigenvalue weighted by atomic mass is 19.4. The fourth-order valence-corrected chi connectivity index (χ4v) is 0.819. The Morgan fingerprint density at radius 1 is 1.62 bits per heavy atom. The highest BCUT2D eigenvalue weighted by Crippen LogP contribution is 2.30. The summed E-state index contributed by atoms with van der Waals surface area (Å²) in [6.45, 7) is 0. The van der Waals surface area contributed by atoms with Crippen molar-refractivity contribution in [1.82, 2.24) is 9.78 Å². The molecule has 13 heavy (non-hydrogen) atoms. The molecule has 0 saturated heterocycles. The molecule has 1 heterocycles. The molecule has 0 bridgehead atoms. The van der Waals surface area contributed by atoms with Gasteiger partial charge in [-0.2, -0.15) is 18.3 Å². The summed E-state index contributed by atoms with van der Waals surface area (Å²) in [5.41, 5.74) is -0.957. The van der Waals surface area contributed by atoms with Gasteiger partial charge in [-0.1, -0.05) is 0 Å². The second-order valence-corrected chi connectivity index (χ2v) is 2.21. The lowest BCUT2D eigenvalue weighted by atomic mass is 10.4. The van der Waals surface area contributed by atoms with E-state index in [1.807, 2.05) is 0 Å². The number of hydrogen-bond acceptors (Lipinski definition) is 3. The number of rotatable bonds is 1. The Balaban J connectivity index is 3.18. The molecule has 1 aromatic heterocycles. The van der Waals surface area contributed by atoms with Crippen LogP contribution in [-0.4, -0.2) is 15.9 Å². The zero-order valence-corrected chi connectivity index (χ0v) is 6.46. The second kappa shape index (κ2) is 3.02. The molecule has 0 fully saturated rings.